The molecule has 0 aliphatic rings. The van der Waals surface area contributed by atoms with Crippen LogP contribution in [0, 0.1) is 0 Å². The summed E-state index contributed by atoms with van der Waals surface area (Å²) < 4.78 is 78.8. The minimum atomic E-state index is -0.433. The van der Waals surface area contributed by atoms with Crippen LogP contribution in [0.25, 0.3) is 87.6 Å². The van der Waals surface area contributed by atoms with Crippen molar-refractivity contribution in [2.75, 3.05) is 0 Å². The molecule has 9 rings (SSSR count). The van der Waals surface area contributed by atoms with Gasteiger partial charge in [-0.15, -0.1) is 0 Å². The molecular formula is C42H26O. The fourth-order valence-corrected chi connectivity index (χ4v) is 6.37. The van der Waals surface area contributed by atoms with Gasteiger partial charge in [0.2, 0.25) is 0 Å². The molecule has 200 valence electrons. The van der Waals surface area contributed by atoms with Gasteiger partial charge in [-0.2, -0.15) is 0 Å². The number of fused-ring (bicyclic) bond motifs is 6. The van der Waals surface area contributed by atoms with E-state index in [0.29, 0.717) is 33.4 Å². The number of rotatable bonds is 3. The molecule has 0 radical (unpaired) electrons. The average Bonchev–Trinajstić information content (AvgIpc) is 3.52. The summed E-state index contributed by atoms with van der Waals surface area (Å²) in [5.74, 6) is 0. The van der Waals surface area contributed by atoms with Crippen LogP contribution >= 0.6 is 0 Å². The Labute approximate surface area is 260 Å². The van der Waals surface area contributed by atoms with Gasteiger partial charge in [0.05, 0.1) is 11.0 Å². The van der Waals surface area contributed by atoms with E-state index in [1.54, 1.807) is 6.07 Å². The smallest absolute Gasteiger partial charge is 0.136 e. The first-order chi connectivity index (χ1) is 24.7. The van der Waals surface area contributed by atoms with Gasteiger partial charge in [-0.05, 0) is 90.0 Å². The molecule has 0 aliphatic heterocycles. The van der Waals surface area contributed by atoms with Gasteiger partial charge in [0, 0.05) is 10.8 Å². The van der Waals surface area contributed by atoms with Crippen molar-refractivity contribution in [1.29, 1.82) is 0 Å². The molecule has 0 saturated heterocycles. The van der Waals surface area contributed by atoms with E-state index < -0.39 is 24.2 Å². The molecule has 0 unspecified atom stereocenters. The highest BCUT2D eigenvalue weighted by molar-refractivity contribution is 6.23. The summed E-state index contributed by atoms with van der Waals surface area (Å²) in [7, 11) is 0. The Morgan fingerprint density at radius 3 is 1.65 bits per heavy atom. The van der Waals surface area contributed by atoms with Gasteiger partial charge in [0.25, 0.3) is 0 Å². The quantitative estimate of drug-likeness (QED) is 0.198. The first kappa shape index (κ1) is 17.3. The van der Waals surface area contributed by atoms with Gasteiger partial charge in [-0.25, -0.2) is 0 Å². The van der Waals surface area contributed by atoms with Crippen LogP contribution in [0.2, 0.25) is 0 Å². The van der Waals surface area contributed by atoms with Crippen LogP contribution in [0.3, 0.4) is 0 Å². The van der Waals surface area contributed by atoms with Crippen molar-refractivity contribution in [3.8, 4) is 33.4 Å². The number of furan rings is 1. The summed E-state index contributed by atoms with van der Waals surface area (Å²) in [4.78, 5) is 0. The molecule has 0 bridgehead atoms. The Bertz CT molecular complexity index is 2870. The second-order valence-electron chi connectivity index (χ2n) is 10.7. The second-order valence-corrected chi connectivity index (χ2v) is 10.7. The molecule has 1 heteroatoms. The molecular weight excluding hydrogens is 520 g/mol. The molecule has 1 heterocycles. The summed E-state index contributed by atoms with van der Waals surface area (Å²) in [5, 5.41) is 4.40. The van der Waals surface area contributed by atoms with E-state index in [4.69, 9.17) is 9.90 Å². The van der Waals surface area contributed by atoms with Gasteiger partial charge < -0.3 is 4.42 Å². The van der Waals surface area contributed by atoms with E-state index in [2.05, 4.69) is 6.07 Å². The molecule has 0 saturated carbocycles. The van der Waals surface area contributed by atoms with Crippen molar-refractivity contribution in [3.63, 3.8) is 0 Å². The van der Waals surface area contributed by atoms with Crippen LogP contribution in [0.15, 0.2) is 162 Å². The van der Waals surface area contributed by atoms with Crippen LogP contribution in [-0.4, -0.2) is 0 Å². The molecule has 0 fully saturated rings. The maximum Gasteiger partial charge on any atom is 0.136 e. The predicted molar refractivity (Wildman–Crippen MR) is 183 cm³/mol. The minimum Gasteiger partial charge on any atom is -0.456 e. The maximum atomic E-state index is 9.34. The minimum absolute atomic E-state index is 0.175. The third-order valence-electron chi connectivity index (χ3n) is 8.28. The molecule has 43 heavy (non-hydrogen) atoms. The average molecular weight is 555 g/mol. The van der Waals surface area contributed by atoms with E-state index in [0.717, 1.165) is 32.7 Å². The van der Waals surface area contributed by atoms with Crippen molar-refractivity contribution < 1.29 is 15.4 Å². The lowest BCUT2D eigenvalue weighted by molar-refractivity contribution is 0.669. The van der Waals surface area contributed by atoms with E-state index >= 15 is 0 Å². The highest BCUT2D eigenvalue weighted by atomic mass is 16.3. The normalized spacial score (nSPS) is 14.3. The van der Waals surface area contributed by atoms with Crippen molar-refractivity contribution in [2.45, 2.75) is 0 Å². The number of hydrogen-bond donors (Lipinski definition) is 0. The van der Waals surface area contributed by atoms with Crippen molar-refractivity contribution in [3.05, 3.63) is 158 Å². The van der Waals surface area contributed by atoms with Crippen molar-refractivity contribution >= 4 is 54.3 Å². The lowest BCUT2D eigenvalue weighted by Gasteiger charge is -2.19. The third-order valence-corrected chi connectivity index (χ3v) is 8.28. The van der Waals surface area contributed by atoms with Crippen molar-refractivity contribution in [2.24, 2.45) is 0 Å². The highest BCUT2D eigenvalue weighted by Crippen LogP contribution is 2.46. The first-order valence-corrected chi connectivity index (χ1v) is 14.1. The molecule has 1 nitrogen and oxygen atoms in total. The van der Waals surface area contributed by atoms with E-state index in [9.17, 15) is 5.48 Å². The Morgan fingerprint density at radius 1 is 0.395 bits per heavy atom. The number of hydrogen-bond acceptors (Lipinski definition) is 1. The largest absolute Gasteiger partial charge is 0.456 e. The van der Waals surface area contributed by atoms with Crippen LogP contribution in [-0.2, 0) is 0 Å². The summed E-state index contributed by atoms with van der Waals surface area (Å²) in [6.07, 6.45) is 0. The Hall–Kier alpha value is -5.66. The van der Waals surface area contributed by atoms with Gasteiger partial charge >= 0.3 is 0 Å². The zero-order chi connectivity index (χ0) is 35.3. The topological polar surface area (TPSA) is 13.1 Å². The molecule has 0 amide bonds. The Morgan fingerprint density at radius 2 is 0.953 bits per heavy atom. The number of benzene rings is 8. The highest BCUT2D eigenvalue weighted by Gasteiger charge is 2.19. The second kappa shape index (κ2) is 9.44. The van der Waals surface area contributed by atoms with Crippen LogP contribution in [0.1, 0.15) is 11.0 Å². The molecule has 0 spiro atoms. The zero-order valence-corrected chi connectivity index (χ0v) is 22.8. The standard InChI is InChI=1S/C42H26O/c1-2-12-27(13-3-1)31-16-6-7-17-32(31)42-35-20-10-8-18-33(35)41(34-19-9-11-21-36(34)42)30-22-23-39-37(25-30)38-24-28-14-4-5-15-29(28)26-40(38)43-39/h1-26H/i8D,9D,10D,11D,18D,19D,20D,21D. The van der Waals surface area contributed by atoms with Crippen LogP contribution in [0.5, 0.6) is 0 Å². The molecule has 9 aromatic rings. The fourth-order valence-electron chi connectivity index (χ4n) is 6.37. The molecule has 1 aromatic heterocycles. The first-order valence-electron chi connectivity index (χ1n) is 18.1. The lowest BCUT2D eigenvalue weighted by atomic mass is 9.83. The molecule has 0 N–H and O–H groups in total. The molecule has 8 aromatic carbocycles. The van der Waals surface area contributed by atoms with Gasteiger partial charge in [-0.1, -0.05) is 133 Å². The monoisotopic (exact) mass is 554 g/mol. The Balaban J connectivity index is 1.52. The van der Waals surface area contributed by atoms with E-state index in [1.165, 1.54) is 0 Å². The van der Waals surface area contributed by atoms with Gasteiger partial charge in [0.15, 0.2) is 0 Å². The molecule has 0 atom stereocenters. The van der Waals surface area contributed by atoms with Crippen LogP contribution in [0.4, 0.5) is 0 Å². The third kappa shape index (κ3) is 3.72. The predicted octanol–water partition coefficient (Wildman–Crippen LogP) is 12.0. The summed E-state index contributed by atoms with van der Waals surface area (Å²) in [6, 6.07) is 31.7. The Kier molecular flexibility index (Phi) is 3.80. The fraction of sp³-hybridized carbons (Fsp3) is 0. The maximum absolute atomic E-state index is 9.34. The summed E-state index contributed by atoms with van der Waals surface area (Å²) in [5.41, 5.74) is 4.66. The van der Waals surface area contributed by atoms with E-state index in [1.807, 2.05) is 97.1 Å². The molecule has 0 aliphatic carbocycles. The van der Waals surface area contributed by atoms with Crippen LogP contribution < -0.4 is 0 Å². The zero-order valence-electron chi connectivity index (χ0n) is 30.8. The summed E-state index contributed by atoms with van der Waals surface area (Å²) >= 11 is 0. The van der Waals surface area contributed by atoms with Gasteiger partial charge in [-0.3, -0.25) is 0 Å². The summed E-state index contributed by atoms with van der Waals surface area (Å²) in [6.45, 7) is 0. The van der Waals surface area contributed by atoms with E-state index in [-0.39, 0.29) is 45.7 Å². The van der Waals surface area contributed by atoms with Crippen molar-refractivity contribution in [1.82, 2.24) is 0 Å². The SMILES string of the molecule is [2H]c1c([2H])c([2H])c2c(-c3ccccc3-c3ccccc3)c3c([2H])c([2H])c([2H])c([2H])c3c(-c3ccc4oc5cc6ccccc6cc5c4c3)c2c1[2H]. The lowest BCUT2D eigenvalue weighted by Crippen LogP contribution is -1.92. The van der Waals surface area contributed by atoms with Gasteiger partial charge in [0.1, 0.15) is 11.2 Å².